The molecule has 0 saturated carbocycles. The van der Waals surface area contributed by atoms with Gasteiger partial charge in [-0.2, -0.15) is 0 Å². The van der Waals surface area contributed by atoms with Crippen LogP contribution in [-0.4, -0.2) is 26.6 Å². The Balaban J connectivity index is 2.41. The van der Waals surface area contributed by atoms with Gasteiger partial charge in [-0.15, -0.1) is 0 Å². The number of hydrogen-bond acceptors (Lipinski definition) is 4. The molecule has 17 heavy (non-hydrogen) atoms. The molecular weight excluding hydrogens is 214 g/mol. The quantitative estimate of drug-likeness (QED) is 0.869. The standard InChI is InChI=1S/C12H17N5/c1-8(13-3)10-5-15-12(16-9(10)2)11-6-14-7-17(11)4/h5-8,13H,1-4H3. The van der Waals surface area contributed by atoms with Crippen LogP contribution in [0.2, 0.25) is 0 Å². The van der Waals surface area contributed by atoms with Crippen molar-refractivity contribution < 1.29 is 0 Å². The highest BCUT2D eigenvalue weighted by Gasteiger charge is 2.11. The average Bonchev–Trinajstić information content (AvgIpc) is 2.74. The molecule has 1 N–H and O–H groups in total. The summed E-state index contributed by atoms with van der Waals surface area (Å²) in [5.74, 6) is 0.717. The van der Waals surface area contributed by atoms with Gasteiger partial charge in [-0.1, -0.05) is 0 Å². The predicted molar refractivity (Wildman–Crippen MR) is 66.4 cm³/mol. The largest absolute Gasteiger partial charge is 0.331 e. The second-order valence-electron chi connectivity index (χ2n) is 4.13. The second-order valence-corrected chi connectivity index (χ2v) is 4.13. The predicted octanol–water partition coefficient (Wildman–Crippen LogP) is 1.47. The fourth-order valence-electron chi connectivity index (χ4n) is 1.75. The van der Waals surface area contributed by atoms with Gasteiger partial charge in [0.25, 0.3) is 0 Å². The van der Waals surface area contributed by atoms with E-state index in [2.05, 4.69) is 27.2 Å². The first-order valence-corrected chi connectivity index (χ1v) is 5.61. The molecule has 0 bridgehead atoms. The number of nitrogens with one attached hydrogen (secondary N) is 1. The molecule has 2 aromatic rings. The van der Waals surface area contributed by atoms with Crippen molar-refractivity contribution in [1.29, 1.82) is 0 Å². The molecule has 5 heteroatoms. The van der Waals surface area contributed by atoms with Gasteiger partial charge in [0.1, 0.15) is 5.69 Å². The van der Waals surface area contributed by atoms with E-state index >= 15 is 0 Å². The third kappa shape index (κ3) is 2.19. The fourth-order valence-corrected chi connectivity index (χ4v) is 1.75. The molecule has 2 heterocycles. The van der Waals surface area contributed by atoms with Gasteiger partial charge in [-0.3, -0.25) is 0 Å². The summed E-state index contributed by atoms with van der Waals surface area (Å²) in [5, 5.41) is 3.19. The Labute approximate surface area is 101 Å². The van der Waals surface area contributed by atoms with E-state index in [9.17, 15) is 0 Å². The number of imidazole rings is 1. The Kier molecular flexibility index (Phi) is 3.19. The summed E-state index contributed by atoms with van der Waals surface area (Å²) >= 11 is 0. The number of rotatable bonds is 3. The van der Waals surface area contributed by atoms with E-state index in [0.717, 1.165) is 22.8 Å². The molecule has 90 valence electrons. The van der Waals surface area contributed by atoms with Crippen LogP contribution in [0, 0.1) is 6.92 Å². The Morgan fingerprint density at radius 1 is 1.35 bits per heavy atom. The molecular formula is C12H17N5. The first-order valence-electron chi connectivity index (χ1n) is 5.61. The summed E-state index contributed by atoms with van der Waals surface area (Å²) in [6, 6.07) is 0.260. The molecule has 1 unspecified atom stereocenters. The van der Waals surface area contributed by atoms with Crippen molar-refractivity contribution in [3.05, 3.63) is 30.0 Å². The van der Waals surface area contributed by atoms with Crippen LogP contribution in [0.4, 0.5) is 0 Å². The van der Waals surface area contributed by atoms with E-state index in [4.69, 9.17) is 0 Å². The molecule has 0 fully saturated rings. The third-order valence-corrected chi connectivity index (χ3v) is 2.96. The lowest BCUT2D eigenvalue weighted by atomic mass is 10.1. The summed E-state index contributed by atoms with van der Waals surface area (Å²) in [6.45, 7) is 4.10. The minimum Gasteiger partial charge on any atom is -0.331 e. The zero-order chi connectivity index (χ0) is 12.4. The first kappa shape index (κ1) is 11.7. The zero-order valence-corrected chi connectivity index (χ0v) is 10.6. The van der Waals surface area contributed by atoms with Crippen molar-refractivity contribution in [3.63, 3.8) is 0 Å². The molecule has 0 radical (unpaired) electrons. The normalized spacial score (nSPS) is 12.7. The van der Waals surface area contributed by atoms with Gasteiger partial charge in [0.2, 0.25) is 0 Å². The van der Waals surface area contributed by atoms with Gasteiger partial charge in [-0.25, -0.2) is 15.0 Å². The highest BCUT2D eigenvalue weighted by atomic mass is 15.1. The van der Waals surface area contributed by atoms with E-state index in [1.807, 2.05) is 31.8 Å². The first-order chi connectivity index (χ1) is 8.13. The Morgan fingerprint density at radius 2 is 2.12 bits per heavy atom. The average molecular weight is 231 g/mol. The highest BCUT2D eigenvalue weighted by molar-refractivity contribution is 5.48. The van der Waals surface area contributed by atoms with Crippen LogP contribution in [0.25, 0.3) is 11.5 Å². The molecule has 0 spiro atoms. The molecule has 0 aliphatic heterocycles. The van der Waals surface area contributed by atoms with Crippen molar-refractivity contribution in [3.8, 4) is 11.5 Å². The van der Waals surface area contributed by atoms with Crippen LogP contribution in [0.5, 0.6) is 0 Å². The van der Waals surface area contributed by atoms with Crippen LogP contribution in [0.3, 0.4) is 0 Å². The molecule has 5 nitrogen and oxygen atoms in total. The Morgan fingerprint density at radius 3 is 2.65 bits per heavy atom. The number of aromatic nitrogens is 4. The maximum atomic E-state index is 4.53. The maximum absolute atomic E-state index is 4.53. The van der Waals surface area contributed by atoms with Crippen molar-refractivity contribution in [2.24, 2.45) is 7.05 Å². The molecule has 0 amide bonds. The van der Waals surface area contributed by atoms with E-state index in [1.54, 1.807) is 12.5 Å². The molecule has 2 rings (SSSR count). The molecule has 2 aromatic heterocycles. The fraction of sp³-hybridized carbons (Fsp3) is 0.417. The summed E-state index contributed by atoms with van der Waals surface area (Å²) in [4.78, 5) is 13.0. The lowest BCUT2D eigenvalue weighted by Gasteiger charge is -2.13. The van der Waals surface area contributed by atoms with Crippen LogP contribution >= 0.6 is 0 Å². The monoisotopic (exact) mass is 231 g/mol. The van der Waals surface area contributed by atoms with Gasteiger partial charge in [0, 0.05) is 30.5 Å². The van der Waals surface area contributed by atoms with Gasteiger partial charge < -0.3 is 9.88 Å². The molecule has 0 saturated heterocycles. The zero-order valence-electron chi connectivity index (χ0n) is 10.6. The van der Waals surface area contributed by atoms with Crippen LogP contribution in [-0.2, 0) is 7.05 Å². The van der Waals surface area contributed by atoms with Crippen molar-refractivity contribution in [1.82, 2.24) is 24.8 Å². The molecule has 1 atom stereocenters. The second kappa shape index (κ2) is 4.63. The van der Waals surface area contributed by atoms with Crippen molar-refractivity contribution in [2.75, 3.05) is 7.05 Å². The maximum Gasteiger partial charge on any atom is 0.178 e. The van der Waals surface area contributed by atoms with E-state index in [0.29, 0.717) is 0 Å². The molecule has 0 aliphatic carbocycles. The van der Waals surface area contributed by atoms with E-state index < -0.39 is 0 Å². The number of hydrogen-bond donors (Lipinski definition) is 1. The number of nitrogens with zero attached hydrogens (tertiary/aromatic N) is 4. The Bertz CT molecular complexity index is 517. The van der Waals surface area contributed by atoms with Gasteiger partial charge in [-0.05, 0) is 20.9 Å². The van der Waals surface area contributed by atoms with Crippen LogP contribution < -0.4 is 5.32 Å². The van der Waals surface area contributed by atoms with Crippen molar-refractivity contribution >= 4 is 0 Å². The molecule has 0 aromatic carbocycles. The van der Waals surface area contributed by atoms with Crippen LogP contribution in [0.15, 0.2) is 18.7 Å². The van der Waals surface area contributed by atoms with Crippen LogP contribution in [0.1, 0.15) is 24.2 Å². The topological polar surface area (TPSA) is 55.6 Å². The Hall–Kier alpha value is -1.75. The lowest BCUT2D eigenvalue weighted by molar-refractivity contribution is 0.641. The summed E-state index contributed by atoms with van der Waals surface area (Å²) < 4.78 is 1.91. The van der Waals surface area contributed by atoms with Gasteiger partial charge in [0.05, 0.1) is 12.5 Å². The minimum atomic E-state index is 0.260. The third-order valence-electron chi connectivity index (χ3n) is 2.96. The van der Waals surface area contributed by atoms with E-state index in [1.165, 1.54) is 0 Å². The van der Waals surface area contributed by atoms with Gasteiger partial charge in [0.15, 0.2) is 5.82 Å². The summed E-state index contributed by atoms with van der Waals surface area (Å²) in [5.41, 5.74) is 3.05. The highest BCUT2D eigenvalue weighted by Crippen LogP contribution is 2.18. The van der Waals surface area contributed by atoms with Gasteiger partial charge >= 0.3 is 0 Å². The summed E-state index contributed by atoms with van der Waals surface area (Å²) in [6.07, 6.45) is 5.40. The molecule has 0 aliphatic rings. The number of aryl methyl sites for hydroxylation is 2. The smallest absolute Gasteiger partial charge is 0.178 e. The minimum absolute atomic E-state index is 0.260. The summed E-state index contributed by atoms with van der Waals surface area (Å²) in [7, 11) is 3.87. The lowest BCUT2D eigenvalue weighted by Crippen LogP contribution is -2.15. The van der Waals surface area contributed by atoms with Crippen molar-refractivity contribution in [2.45, 2.75) is 19.9 Å². The SMILES string of the molecule is CNC(C)c1cnc(-c2cncn2C)nc1C. The van der Waals surface area contributed by atoms with E-state index in [-0.39, 0.29) is 6.04 Å².